The lowest BCUT2D eigenvalue weighted by Gasteiger charge is -2.32. The van der Waals surface area contributed by atoms with Crippen molar-refractivity contribution in [3.05, 3.63) is 46.3 Å². The Morgan fingerprint density at radius 1 is 1.25 bits per heavy atom. The van der Waals surface area contributed by atoms with Crippen molar-refractivity contribution in [1.82, 2.24) is 14.9 Å². The molecule has 1 aromatic carbocycles. The number of carbonyl (C=O) groups excluding carboxylic acids is 1. The number of benzene rings is 1. The number of esters is 1. The number of likely N-dealkylation sites (N-methyl/N-ethyl adjacent to an activating group) is 1. The number of hydrogen-bond donors (Lipinski definition) is 1. The largest absolute Gasteiger partial charge is 0.462 e. The van der Waals surface area contributed by atoms with Crippen LogP contribution in [0.5, 0.6) is 0 Å². The highest BCUT2D eigenvalue weighted by molar-refractivity contribution is 5.96. The fourth-order valence-corrected chi connectivity index (χ4v) is 2.99. The van der Waals surface area contributed by atoms with Gasteiger partial charge in [0.15, 0.2) is 0 Å². The second kappa shape index (κ2) is 8.61. The van der Waals surface area contributed by atoms with Crippen molar-refractivity contribution in [3.63, 3.8) is 0 Å². The molecule has 1 aromatic heterocycles. The first-order chi connectivity index (χ1) is 13.5. The van der Waals surface area contributed by atoms with E-state index < -0.39 is 10.9 Å². The molecule has 1 fully saturated rings. The Labute approximate surface area is 162 Å². The zero-order chi connectivity index (χ0) is 20.1. The van der Waals surface area contributed by atoms with Crippen LogP contribution in [0, 0.1) is 10.1 Å². The minimum Gasteiger partial charge on any atom is -0.462 e. The number of ether oxygens (including phenoxy) is 1. The average Bonchev–Trinajstić information content (AvgIpc) is 2.69. The maximum absolute atomic E-state index is 12.2. The molecule has 0 aliphatic carbocycles. The number of aromatic nitrogens is 2. The first-order valence-corrected chi connectivity index (χ1v) is 8.97. The van der Waals surface area contributed by atoms with Crippen LogP contribution in [0.2, 0.25) is 0 Å². The van der Waals surface area contributed by atoms with Crippen molar-refractivity contribution >= 4 is 29.0 Å². The molecule has 0 radical (unpaired) electrons. The maximum atomic E-state index is 12.2. The molecular formula is C18H22N6O4. The molecular weight excluding hydrogens is 364 g/mol. The molecule has 1 aliphatic heterocycles. The van der Waals surface area contributed by atoms with Crippen molar-refractivity contribution in [2.24, 2.45) is 0 Å². The van der Waals surface area contributed by atoms with E-state index in [0.717, 1.165) is 13.1 Å². The number of hydrogen-bond acceptors (Lipinski definition) is 9. The van der Waals surface area contributed by atoms with E-state index >= 15 is 0 Å². The summed E-state index contributed by atoms with van der Waals surface area (Å²) in [5.74, 6) is -0.212. The van der Waals surface area contributed by atoms with Gasteiger partial charge in [0.05, 0.1) is 22.8 Å². The highest BCUT2D eigenvalue weighted by atomic mass is 16.6. The van der Waals surface area contributed by atoms with Crippen molar-refractivity contribution in [2.45, 2.75) is 6.92 Å². The van der Waals surface area contributed by atoms with Gasteiger partial charge in [-0.25, -0.2) is 14.8 Å². The molecule has 10 nitrogen and oxygen atoms in total. The molecule has 1 aliphatic rings. The number of nitrogens with zero attached hydrogens (tertiary/aromatic N) is 5. The summed E-state index contributed by atoms with van der Waals surface area (Å²) in [5.41, 5.74) is 0.441. The number of piperazine rings is 1. The van der Waals surface area contributed by atoms with Crippen LogP contribution in [-0.2, 0) is 4.74 Å². The standard InChI is InChI=1S/C18H22N6O4/c1-3-28-18(25)13-6-4-5-7-14(13)21-16-15(24(26)27)17(20-12-19-16)23-10-8-22(2)9-11-23/h4-7,12H,3,8-11H2,1-2H3,(H,19,20,21). The number of nitro groups is 1. The van der Waals surface area contributed by atoms with Gasteiger partial charge in [0.2, 0.25) is 11.6 Å². The van der Waals surface area contributed by atoms with Crippen LogP contribution >= 0.6 is 0 Å². The normalized spacial score (nSPS) is 14.6. The van der Waals surface area contributed by atoms with Gasteiger partial charge in [0, 0.05) is 26.2 Å². The molecule has 2 aromatic rings. The van der Waals surface area contributed by atoms with E-state index in [1.807, 2.05) is 11.9 Å². The lowest BCUT2D eigenvalue weighted by molar-refractivity contribution is -0.383. The van der Waals surface area contributed by atoms with E-state index in [0.29, 0.717) is 18.8 Å². The molecule has 0 atom stereocenters. The molecule has 0 unspecified atom stereocenters. The lowest BCUT2D eigenvalue weighted by Crippen LogP contribution is -2.45. The Bertz CT molecular complexity index is 867. The third kappa shape index (κ3) is 4.17. The maximum Gasteiger partial charge on any atom is 0.353 e. The summed E-state index contributed by atoms with van der Waals surface area (Å²) in [6.07, 6.45) is 1.29. The second-order valence-corrected chi connectivity index (χ2v) is 6.33. The van der Waals surface area contributed by atoms with Gasteiger partial charge in [-0.3, -0.25) is 10.1 Å². The van der Waals surface area contributed by atoms with Gasteiger partial charge in [-0.05, 0) is 26.1 Å². The third-order valence-corrected chi connectivity index (χ3v) is 4.46. The number of rotatable bonds is 6. The molecule has 1 saturated heterocycles. The molecule has 2 heterocycles. The molecule has 3 rings (SSSR count). The third-order valence-electron chi connectivity index (χ3n) is 4.46. The highest BCUT2D eigenvalue weighted by Crippen LogP contribution is 2.34. The highest BCUT2D eigenvalue weighted by Gasteiger charge is 2.29. The Balaban J connectivity index is 1.96. The summed E-state index contributed by atoms with van der Waals surface area (Å²) in [5, 5.41) is 14.7. The first kappa shape index (κ1) is 19.5. The van der Waals surface area contributed by atoms with Gasteiger partial charge < -0.3 is 19.9 Å². The summed E-state index contributed by atoms with van der Waals surface area (Å²) in [4.78, 5) is 35.7. The second-order valence-electron chi connectivity index (χ2n) is 6.33. The minimum absolute atomic E-state index is 0.0330. The fourth-order valence-electron chi connectivity index (χ4n) is 2.99. The van der Waals surface area contributed by atoms with Crippen molar-refractivity contribution in [1.29, 1.82) is 0 Å². The number of anilines is 3. The predicted molar refractivity (Wildman–Crippen MR) is 104 cm³/mol. The molecule has 0 bridgehead atoms. The summed E-state index contributed by atoms with van der Waals surface area (Å²) in [6, 6.07) is 6.66. The van der Waals surface area contributed by atoms with Crippen LogP contribution < -0.4 is 10.2 Å². The molecule has 10 heteroatoms. The van der Waals surface area contributed by atoms with Gasteiger partial charge >= 0.3 is 11.7 Å². The quantitative estimate of drug-likeness (QED) is 0.452. The number of para-hydroxylation sites is 1. The molecule has 0 amide bonds. The molecule has 0 spiro atoms. The van der Waals surface area contributed by atoms with E-state index in [4.69, 9.17) is 4.74 Å². The summed E-state index contributed by atoms with van der Waals surface area (Å²) >= 11 is 0. The van der Waals surface area contributed by atoms with Crippen LogP contribution in [0.25, 0.3) is 0 Å². The zero-order valence-electron chi connectivity index (χ0n) is 15.8. The van der Waals surface area contributed by atoms with E-state index in [1.54, 1.807) is 31.2 Å². The van der Waals surface area contributed by atoms with Crippen LogP contribution in [0.15, 0.2) is 30.6 Å². The van der Waals surface area contributed by atoms with Crippen molar-refractivity contribution < 1.29 is 14.5 Å². The van der Waals surface area contributed by atoms with Crippen LogP contribution in [0.3, 0.4) is 0 Å². The van der Waals surface area contributed by atoms with Crippen molar-refractivity contribution in [3.8, 4) is 0 Å². The van der Waals surface area contributed by atoms with Gasteiger partial charge in [-0.1, -0.05) is 12.1 Å². The summed E-state index contributed by atoms with van der Waals surface area (Å²) < 4.78 is 5.05. The van der Waals surface area contributed by atoms with Gasteiger partial charge in [0.1, 0.15) is 6.33 Å². The van der Waals surface area contributed by atoms with Gasteiger partial charge in [-0.15, -0.1) is 0 Å². The van der Waals surface area contributed by atoms with E-state index in [-0.39, 0.29) is 29.5 Å². The monoisotopic (exact) mass is 386 g/mol. The fraction of sp³-hybridized carbons (Fsp3) is 0.389. The topological polar surface area (TPSA) is 114 Å². The number of carbonyl (C=O) groups is 1. The molecule has 28 heavy (non-hydrogen) atoms. The number of nitrogens with one attached hydrogen (secondary N) is 1. The average molecular weight is 386 g/mol. The SMILES string of the molecule is CCOC(=O)c1ccccc1Nc1ncnc(N2CCN(C)CC2)c1[N+](=O)[O-]. The van der Waals surface area contributed by atoms with Gasteiger partial charge in [-0.2, -0.15) is 0 Å². The predicted octanol–water partition coefficient (Wildman–Crippen LogP) is 2.06. The van der Waals surface area contributed by atoms with Gasteiger partial charge in [0.25, 0.3) is 0 Å². The van der Waals surface area contributed by atoms with Crippen LogP contribution in [-0.4, -0.2) is 65.6 Å². The molecule has 148 valence electrons. The molecule has 1 N–H and O–H groups in total. The summed E-state index contributed by atoms with van der Waals surface area (Å²) in [7, 11) is 2.00. The van der Waals surface area contributed by atoms with Crippen molar-refractivity contribution in [2.75, 3.05) is 50.1 Å². The Morgan fingerprint density at radius 3 is 2.64 bits per heavy atom. The Kier molecular flexibility index (Phi) is 5.99. The van der Waals surface area contributed by atoms with E-state index in [1.165, 1.54) is 6.33 Å². The smallest absolute Gasteiger partial charge is 0.353 e. The Hall–Kier alpha value is -3.27. The van der Waals surface area contributed by atoms with E-state index in [9.17, 15) is 14.9 Å². The Morgan fingerprint density at radius 2 is 1.96 bits per heavy atom. The van der Waals surface area contributed by atoms with E-state index in [2.05, 4.69) is 20.2 Å². The van der Waals surface area contributed by atoms with Crippen LogP contribution in [0.1, 0.15) is 17.3 Å². The zero-order valence-corrected chi connectivity index (χ0v) is 15.8. The summed E-state index contributed by atoms with van der Waals surface area (Å²) in [6.45, 7) is 4.78. The minimum atomic E-state index is -0.512. The van der Waals surface area contributed by atoms with Crippen LogP contribution in [0.4, 0.5) is 23.0 Å². The molecule has 0 saturated carbocycles. The lowest BCUT2D eigenvalue weighted by atomic mass is 10.1. The first-order valence-electron chi connectivity index (χ1n) is 8.97.